The van der Waals surface area contributed by atoms with Gasteiger partial charge in [-0.05, 0) is 24.8 Å². The van der Waals surface area contributed by atoms with Gasteiger partial charge in [0.05, 0.1) is 13.2 Å². The molecule has 0 radical (unpaired) electrons. The molecule has 6 heteroatoms. The van der Waals surface area contributed by atoms with Gasteiger partial charge in [-0.25, -0.2) is 0 Å². The van der Waals surface area contributed by atoms with E-state index >= 15 is 0 Å². The standard InChI is InChI=1S/C17H19NO5/c1-18-7-17-6-11(20)12(23-2)5-9(17)14(18)15(21)8-3-4-10(19)16(22)13(8)17/h3-5,9,14-15,19,21-22H,6-7H2,1-2H3/t9?,14-,15-,17+/m1/s1. The number of allylic oxidation sites excluding steroid dienone is 1. The van der Waals surface area contributed by atoms with Gasteiger partial charge < -0.3 is 20.1 Å². The number of carbonyl (C=O) groups excluding carboxylic acids is 1. The van der Waals surface area contributed by atoms with E-state index in [1.807, 2.05) is 11.9 Å². The lowest BCUT2D eigenvalue weighted by Crippen LogP contribution is -2.47. The molecule has 4 rings (SSSR count). The van der Waals surface area contributed by atoms with Crippen molar-refractivity contribution in [3.05, 3.63) is 35.1 Å². The van der Waals surface area contributed by atoms with E-state index in [0.29, 0.717) is 23.4 Å². The zero-order chi connectivity index (χ0) is 16.5. The van der Waals surface area contributed by atoms with Gasteiger partial charge in [-0.1, -0.05) is 6.07 Å². The third kappa shape index (κ3) is 1.62. The summed E-state index contributed by atoms with van der Waals surface area (Å²) in [6.45, 7) is 0.530. The number of benzene rings is 1. The molecular weight excluding hydrogens is 298 g/mol. The Bertz CT molecular complexity index is 743. The number of aliphatic hydroxyl groups excluding tert-OH is 1. The van der Waals surface area contributed by atoms with Gasteiger partial charge in [0.15, 0.2) is 23.0 Å². The van der Waals surface area contributed by atoms with Crippen LogP contribution in [0.25, 0.3) is 0 Å². The number of phenolic OH excluding ortho intramolecular Hbond substituents is 2. The number of likely N-dealkylation sites (N-methyl/N-ethyl adjacent to an activating group) is 1. The number of phenols is 2. The first-order chi connectivity index (χ1) is 10.9. The van der Waals surface area contributed by atoms with Gasteiger partial charge in [0.2, 0.25) is 0 Å². The molecule has 3 aliphatic rings. The first-order valence-electron chi connectivity index (χ1n) is 7.63. The van der Waals surface area contributed by atoms with Gasteiger partial charge in [0, 0.05) is 35.9 Å². The molecule has 2 aliphatic carbocycles. The number of carbonyl (C=O) groups is 1. The van der Waals surface area contributed by atoms with Crippen LogP contribution in [0.2, 0.25) is 0 Å². The zero-order valence-electron chi connectivity index (χ0n) is 13.0. The van der Waals surface area contributed by atoms with Crippen molar-refractivity contribution < 1.29 is 24.9 Å². The van der Waals surface area contributed by atoms with Crippen molar-refractivity contribution in [2.45, 2.75) is 24.0 Å². The third-order valence-electron chi connectivity index (χ3n) is 5.68. The Hall–Kier alpha value is -2.05. The SMILES string of the molecule is COC1=CC2[C@@H]3[C@H](O)c4ccc(O)c(O)c4[C@@]2(CC1=O)CN3C. The Morgan fingerprint density at radius 3 is 2.78 bits per heavy atom. The fraction of sp³-hybridized carbons (Fsp3) is 0.471. The van der Waals surface area contributed by atoms with Gasteiger partial charge in [0.25, 0.3) is 0 Å². The Morgan fingerprint density at radius 1 is 1.35 bits per heavy atom. The van der Waals surface area contributed by atoms with Crippen LogP contribution in [-0.4, -0.2) is 52.7 Å². The van der Waals surface area contributed by atoms with E-state index in [-0.39, 0.29) is 35.7 Å². The predicted molar refractivity (Wildman–Crippen MR) is 81.0 cm³/mol. The smallest absolute Gasteiger partial charge is 0.197 e. The Balaban J connectivity index is 2.02. The molecule has 1 aromatic rings. The normalized spacial score (nSPS) is 35.5. The molecule has 1 aromatic carbocycles. The Labute approximate surface area is 133 Å². The molecule has 23 heavy (non-hydrogen) atoms. The number of aliphatic hydroxyl groups is 1. The Kier molecular flexibility index (Phi) is 2.84. The highest BCUT2D eigenvalue weighted by atomic mass is 16.5. The maximum absolute atomic E-state index is 12.4. The molecule has 1 aliphatic heterocycles. The third-order valence-corrected chi connectivity index (χ3v) is 5.68. The molecule has 4 atom stereocenters. The molecule has 1 saturated heterocycles. The van der Waals surface area contributed by atoms with E-state index in [1.165, 1.54) is 13.2 Å². The van der Waals surface area contributed by atoms with E-state index in [4.69, 9.17) is 4.74 Å². The number of ketones is 1. The molecule has 0 spiro atoms. The van der Waals surface area contributed by atoms with Gasteiger partial charge in [-0.15, -0.1) is 0 Å². The van der Waals surface area contributed by atoms with Crippen LogP contribution in [0.15, 0.2) is 24.0 Å². The molecular formula is C17H19NO5. The number of likely N-dealkylation sites (tertiary alicyclic amines) is 1. The first-order valence-corrected chi connectivity index (χ1v) is 7.63. The number of fused-ring (bicyclic) bond motifs is 1. The van der Waals surface area contributed by atoms with Crippen molar-refractivity contribution in [1.82, 2.24) is 4.90 Å². The molecule has 6 nitrogen and oxygen atoms in total. The summed E-state index contributed by atoms with van der Waals surface area (Å²) in [5.41, 5.74) is 0.443. The second kappa shape index (κ2) is 4.49. The summed E-state index contributed by atoms with van der Waals surface area (Å²) in [7, 11) is 3.37. The quantitative estimate of drug-likeness (QED) is 0.664. The lowest BCUT2D eigenvalue weighted by Gasteiger charge is -2.44. The van der Waals surface area contributed by atoms with E-state index < -0.39 is 11.5 Å². The largest absolute Gasteiger partial charge is 0.504 e. The summed E-state index contributed by atoms with van der Waals surface area (Å²) in [5.74, 6) is -0.437. The van der Waals surface area contributed by atoms with E-state index in [0.717, 1.165) is 0 Å². The number of nitrogens with zero attached hydrogens (tertiary/aromatic N) is 1. The van der Waals surface area contributed by atoms with Crippen LogP contribution in [0.3, 0.4) is 0 Å². The van der Waals surface area contributed by atoms with Gasteiger partial charge >= 0.3 is 0 Å². The van der Waals surface area contributed by atoms with Crippen LogP contribution in [0.5, 0.6) is 11.5 Å². The monoisotopic (exact) mass is 317 g/mol. The van der Waals surface area contributed by atoms with Crippen molar-refractivity contribution in [3.63, 3.8) is 0 Å². The molecule has 122 valence electrons. The predicted octanol–water partition coefficient (Wildman–Crippen LogP) is 0.816. The molecule has 0 saturated carbocycles. The van der Waals surface area contributed by atoms with Crippen LogP contribution in [0.1, 0.15) is 23.7 Å². The van der Waals surface area contributed by atoms with E-state index in [9.17, 15) is 20.1 Å². The van der Waals surface area contributed by atoms with E-state index in [2.05, 4.69) is 0 Å². The summed E-state index contributed by atoms with van der Waals surface area (Å²) in [5, 5.41) is 31.2. The summed E-state index contributed by atoms with van der Waals surface area (Å²) < 4.78 is 5.19. The maximum atomic E-state index is 12.4. The minimum Gasteiger partial charge on any atom is -0.504 e. The number of hydrogen-bond donors (Lipinski definition) is 3. The van der Waals surface area contributed by atoms with Crippen LogP contribution < -0.4 is 0 Å². The van der Waals surface area contributed by atoms with Crippen LogP contribution in [0.4, 0.5) is 0 Å². The van der Waals surface area contributed by atoms with Gasteiger partial charge in [0.1, 0.15) is 0 Å². The molecule has 1 fully saturated rings. The topological polar surface area (TPSA) is 90.2 Å². The fourth-order valence-corrected chi connectivity index (χ4v) is 4.82. The van der Waals surface area contributed by atoms with Crippen LogP contribution in [0, 0.1) is 5.92 Å². The van der Waals surface area contributed by atoms with Gasteiger partial charge in [-0.3, -0.25) is 9.69 Å². The summed E-state index contributed by atoms with van der Waals surface area (Å²) in [4.78, 5) is 14.5. The number of Topliss-reactive ketones (excluding diaryl/α,β-unsaturated/α-hetero) is 1. The molecule has 1 heterocycles. The van der Waals surface area contributed by atoms with E-state index in [1.54, 1.807) is 12.1 Å². The second-order valence-electron chi connectivity index (χ2n) is 6.76. The number of ether oxygens (including phenoxy) is 1. The van der Waals surface area contributed by atoms with Crippen molar-refractivity contribution >= 4 is 5.78 Å². The second-order valence-corrected chi connectivity index (χ2v) is 6.76. The highest BCUT2D eigenvalue weighted by molar-refractivity contribution is 5.96. The zero-order valence-corrected chi connectivity index (χ0v) is 13.0. The fourth-order valence-electron chi connectivity index (χ4n) is 4.82. The van der Waals surface area contributed by atoms with Crippen molar-refractivity contribution in [2.24, 2.45) is 5.92 Å². The lowest BCUT2D eigenvalue weighted by molar-refractivity contribution is -0.121. The van der Waals surface area contributed by atoms with Crippen LogP contribution in [-0.2, 0) is 14.9 Å². The maximum Gasteiger partial charge on any atom is 0.197 e. The summed E-state index contributed by atoms with van der Waals surface area (Å²) in [6, 6.07) is 2.83. The Morgan fingerprint density at radius 2 is 2.09 bits per heavy atom. The highest BCUT2D eigenvalue weighted by Crippen LogP contribution is 2.60. The number of hydrogen-bond acceptors (Lipinski definition) is 6. The lowest BCUT2D eigenvalue weighted by atomic mass is 9.59. The first kappa shape index (κ1) is 14.5. The van der Waals surface area contributed by atoms with Crippen molar-refractivity contribution in [3.8, 4) is 11.5 Å². The number of methoxy groups -OCH3 is 1. The highest BCUT2D eigenvalue weighted by Gasteiger charge is 2.62. The summed E-state index contributed by atoms with van der Waals surface area (Å²) >= 11 is 0. The van der Waals surface area contributed by atoms with Gasteiger partial charge in [-0.2, -0.15) is 0 Å². The van der Waals surface area contributed by atoms with Crippen molar-refractivity contribution in [2.75, 3.05) is 20.7 Å². The number of aromatic hydroxyl groups is 2. The average molecular weight is 317 g/mol. The molecule has 3 N–H and O–H groups in total. The minimum atomic E-state index is -0.801. The number of rotatable bonds is 1. The summed E-state index contributed by atoms with van der Waals surface area (Å²) in [6.07, 6.45) is 1.16. The van der Waals surface area contributed by atoms with Crippen LogP contribution >= 0.6 is 0 Å². The van der Waals surface area contributed by atoms with Crippen molar-refractivity contribution in [1.29, 1.82) is 0 Å². The molecule has 1 unspecified atom stereocenters. The minimum absolute atomic E-state index is 0.122. The molecule has 0 amide bonds. The molecule has 2 bridgehead atoms. The average Bonchev–Trinajstić information content (AvgIpc) is 2.74. The molecule has 0 aromatic heterocycles.